The van der Waals surface area contributed by atoms with Gasteiger partial charge in [-0.3, -0.25) is 4.79 Å². The van der Waals surface area contributed by atoms with E-state index in [1.807, 2.05) is 26.0 Å². The van der Waals surface area contributed by atoms with E-state index in [4.69, 9.17) is 4.52 Å². The first-order valence-corrected chi connectivity index (χ1v) is 8.32. The highest BCUT2D eigenvalue weighted by Crippen LogP contribution is 2.25. The minimum Gasteiger partial charge on any atom is -0.478 e. The summed E-state index contributed by atoms with van der Waals surface area (Å²) in [7, 11) is 0. The van der Waals surface area contributed by atoms with Crippen LogP contribution in [0.2, 0.25) is 0 Å². The van der Waals surface area contributed by atoms with Crippen molar-refractivity contribution in [3.63, 3.8) is 0 Å². The first-order chi connectivity index (χ1) is 11.8. The standard InChI is InChI=1S/C18H15BrN2O4/c1-9-5-10(2)17-12(6-9)15(21-25-17)8-16(22)20-14-4-3-11(19)7-13(14)18(23)24/h3-7H,8H2,1-2H3,(H,20,22)(H,23,24). The second kappa shape index (κ2) is 6.68. The molecule has 1 heterocycles. The SMILES string of the molecule is Cc1cc(C)c2onc(CC(=O)Nc3ccc(Br)cc3C(=O)O)c2c1. The molecule has 3 aromatic rings. The number of halogens is 1. The van der Waals surface area contributed by atoms with Gasteiger partial charge in [0.15, 0.2) is 5.58 Å². The van der Waals surface area contributed by atoms with Crippen molar-refractivity contribution in [1.29, 1.82) is 0 Å². The Labute approximate surface area is 151 Å². The van der Waals surface area contributed by atoms with Crippen LogP contribution in [0.15, 0.2) is 39.3 Å². The van der Waals surface area contributed by atoms with E-state index in [9.17, 15) is 14.7 Å². The number of aromatic nitrogens is 1. The normalized spacial score (nSPS) is 10.8. The lowest BCUT2D eigenvalue weighted by atomic mass is 10.1. The van der Waals surface area contributed by atoms with Crippen LogP contribution in [0, 0.1) is 13.8 Å². The predicted molar refractivity (Wildman–Crippen MR) is 96.9 cm³/mol. The molecule has 0 spiro atoms. The molecule has 0 saturated heterocycles. The van der Waals surface area contributed by atoms with Gasteiger partial charge in [-0.05, 0) is 49.2 Å². The quantitative estimate of drug-likeness (QED) is 0.685. The van der Waals surface area contributed by atoms with Crippen molar-refractivity contribution in [2.75, 3.05) is 5.32 Å². The van der Waals surface area contributed by atoms with Gasteiger partial charge in [0.2, 0.25) is 5.91 Å². The fourth-order valence-corrected chi connectivity index (χ4v) is 3.08. The lowest BCUT2D eigenvalue weighted by Crippen LogP contribution is -2.17. The Kier molecular flexibility index (Phi) is 4.59. The van der Waals surface area contributed by atoms with Gasteiger partial charge < -0.3 is 14.9 Å². The smallest absolute Gasteiger partial charge is 0.337 e. The van der Waals surface area contributed by atoms with E-state index in [0.29, 0.717) is 15.7 Å². The van der Waals surface area contributed by atoms with Gasteiger partial charge in [0.25, 0.3) is 0 Å². The van der Waals surface area contributed by atoms with Crippen LogP contribution in [0.3, 0.4) is 0 Å². The van der Waals surface area contributed by atoms with Gasteiger partial charge in [-0.1, -0.05) is 27.2 Å². The number of rotatable bonds is 4. The fourth-order valence-electron chi connectivity index (χ4n) is 2.72. The second-order valence-electron chi connectivity index (χ2n) is 5.81. The van der Waals surface area contributed by atoms with Crippen LogP contribution in [0.5, 0.6) is 0 Å². The molecule has 0 unspecified atom stereocenters. The number of nitrogens with zero attached hydrogens (tertiary/aromatic N) is 1. The number of carboxylic acid groups (broad SMARTS) is 1. The molecule has 0 saturated carbocycles. The molecule has 3 rings (SSSR count). The highest BCUT2D eigenvalue weighted by Gasteiger charge is 2.17. The van der Waals surface area contributed by atoms with Gasteiger partial charge in [0, 0.05) is 9.86 Å². The topological polar surface area (TPSA) is 92.4 Å². The summed E-state index contributed by atoms with van der Waals surface area (Å²) in [6.45, 7) is 3.88. The van der Waals surface area contributed by atoms with E-state index in [1.54, 1.807) is 12.1 Å². The molecule has 0 aliphatic heterocycles. The van der Waals surface area contributed by atoms with E-state index >= 15 is 0 Å². The Morgan fingerprint density at radius 2 is 2.00 bits per heavy atom. The molecule has 0 aliphatic rings. The lowest BCUT2D eigenvalue weighted by Gasteiger charge is -2.08. The number of amides is 1. The summed E-state index contributed by atoms with van der Waals surface area (Å²) in [5.41, 5.74) is 3.43. The zero-order valence-corrected chi connectivity index (χ0v) is 15.2. The largest absolute Gasteiger partial charge is 0.478 e. The molecule has 0 aliphatic carbocycles. The third-order valence-corrected chi connectivity index (χ3v) is 4.28. The number of carbonyl (C=O) groups excluding carboxylic acids is 1. The first kappa shape index (κ1) is 17.2. The average molecular weight is 403 g/mol. The van der Waals surface area contributed by atoms with Gasteiger partial charge in [0.1, 0.15) is 5.69 Å². The van der Waals surface area contributed by atoms with Crippen LogP contribution in [0.25, 0.3) is 11.0 Å². The summed E-state index contributed by atoms with van der Waals surface area (Å²) in [6, 6.07) is 8.55. The van der Waals surface area contributed by atoms with Crippen LogP contribution in [-0.2, 0) is 11.2 Å². The number of fused-ring (bicyclic) bond motifs is 1. The highest BCUT2D eigenvalue weighted by molar-refractivity contribution is 9.10. The van der Waals surface area contributed by atoms with Crippen LogP contribution < -0.4 is 5.32 Å². The zero-order valence-electron chi connectivity index (χ0n) is 13.6. The highest BCUT2D eigenvalue weighted by atomic mass is 79.9. The Morgan fingerprint density at radius 3 is 2.72 bits per heavy atom. The van der Waals surface area contributed by atoms with Crippen molar-refractivity contribution in [1.82, 2.24) is 5.16 Å². The maximum Gasteiger partial charge on any atom is 0.337 e. The summed E-state index contributed by atoms with van der Waals surface area (Å²) in [5, 5.41) is 16.7. The third kappa shape index (κ3) is 3.56. The molecular formula is C18H15BrN2O4. The Morgan fingerprint density at radius 1 is 1.24 bits per heavy atom. The maximum absolute atomic E-state index is 12.4. The second-order valence-corrected chi connectivity index (χ2v) is 6.72. The molecule has 0 radical (unpaired) electrons. The van der Waals surface area contributed by atoms with Crippen LogP contribution in [0.4, 0.5) is 5.69 Å². The molecule has 0 fully saturated rings. The lowest BCUT2D eigenvalue weighted by molar-refractivity contribution is -0.115. The van der Waals surface area contributed by atoms with Crippen molar-refractivity contribution in [2.45, 2.75) is 20.3 Å². The molecule has 7 heteroatoms. The van der Waals surface area contributed by atoms with Crippen molar-refractivity contribution in [3.8, 4) is 0 Å². The molecule has 25 heavy (non-hydrogen) atoms. The average Bonchev–Trinajstić information content (AvgIpc) is 2.92. The molecule has 1 aromatic heterocycles. The Balaban J connectivity index is 1.86. The molecule has 0 atom stereocenters. The van der Waals surface area contributed by atoms with Gasteiger partial charge >= 0.3 is 5.97 Å². The Bertz CT molecular complexity index is 994. The number of hydrogen-bond acceptors (Lipinski definition) is 4. The minimum absolute atomic E-state index is 0.00891. The van der Waals surface area contributed by atoms with Crippen molar-refractivity contribution < 1.29 is 19.2 Å². The number of hydrogen-bond donors (Lipinski definition) is 2. The Hall–Kier alpha value is -2.67. The molecule has 0 bridgehead atoms. The zero-order chi connectivity index (χ0) is 18.1. The van der Waals surface area contributed by atoms with E-state index in [0.717, 1.165) is 16.5 Å². The summed E-state index contributed by atoms with van der Waals surface area (Å²) in [6.07, 6.45) is -0.00891. The van der Waals surface area contributed by atoms with Crippen LogP contribution >= 0.6 is 15.9 Å². The fraction of sp³-hybridized carbons (Fsp3) is 0.167. The molecule has 1 amide bonds. The van der Waals surface area contributed by atoms with Crippen molar-refractivity contribution in [2.24, 2.45) is 0 Å². The predicted octanol–water partition coefficient (Wildman–Crippen LogP) is 4.09. The number of nitrogens with one attached hydrogen (secondary N) is 1. The molecular weight excluding hydrogens is 388 g/mol. The van der Waals surface area contributed by atoms with Crippen molar-refractivity contribution >= 4 is 44.5 Å². The summed E-state index contributed by atoms with van der Waals surface area (Å²) >= 11 is 3.22. The monoisotopic (exact) mass is 402 g/mol. The molecule has 2 aromatic carbocycles. The summed E-state index contributed by atoms with van der Waals surface area (Å²) in [4.78, 5) is 23.7. The van der Waals surface area contributed by atoms with E-state index < -0.39 is 5.97 Å². The molecule has 128 valence electrons. The maximum atomic E-state index is 12.4. The number of anilines is 1. The molecule has 2 N–H and O–H groups in total. The van der Waals surface area contributed by atoms with Gasteiger partial charge in [-0.2, -0.15) is 0 Å². The van der Waals surface area contributed by atoms with E-state index in [-0.39, 0.29) is 23.6 Å². The van der Waals surface area contributed by atoms with E-state index in [1.165, 1.54) is 6.07 Å². The van der Waals surface area contributed by atoms with E-state index in [2.05, 4.69) is 26.4 Å². The van der Waals surface area contributed by atoms with Gasteiger partial charge in [-0.15, -0.1) is 0 Å². The number of aromatic carboxylic acids is 1. The van der Waals surface area contributed by atoms with Crippen LogP contribution in [-0.4, -0.2) is 22.1 Å². The van der Waals surface area contributed by atoms with Crippen molar-refractivity contribution in [3.05, 3.63) is 57.2 Å². The first-order valence-electron chi connectivity index (χ1n) is 7.53. The summed E-state index contributed by atoms with van der Waals surface area (Å²) in [5.74, 6) is -1.48. The third-order valence-electron chi connectivity index (χ3n) is 3.79. The van der Waals surface area contributed by atoms with Crippen LogP contribution in [0.1, 0.15) is 27.2 Å². The number of benzene rings is 2. The van der Waals surface area contributed by atoms with Gasteiger partial charge in [-0.25, -0.2) is 4.79 Å². The summed E-state index contributed by atoms with van der Waals surface area (Å²) < 4.78 is 5.95. The number of aryl methyl sites for hydroxylation is 2. The minimum atomic E-state index is -1.12. The number of carboxylic acids is 1. The van der Waals surface area contributed by atoms with Gasteiger partial charge in [0.05, 0.1) is 17.7 Å². The number of carbonyl (C=O) groups is 2. The molecule has 6 nitrogen and oxygen atoms in total.